The van der Waals surface area contributed by atoms with Crippen LogP contribution in [0.4, 0.5) is 0 Å². The Hall–Kier alpha value is -2.14. The number of carbonyl (C=O) groups excluding carboxylic acids is 1. The summed E-state index contributed by atoms with van der Waals surface area (Å²) in [7, 11) is 0. The number of nitrogens with zero attached hydrogens (tertiary/aromatic N) is 2. The molecule has 0 spiro atoms. The van der Waals surface area contributed by atoms with E-state index in [0.717, 1.165) is 62.3 Å². The summed E-state index contributed by atoms with van der Waals surface area (Å²) >= 11 is 0. The number of piperidine rings is 1. The number of aryl methyl sites for hydroxylation is 1. The van der Waals surface area contributed by atoms with Gasteiger partial charge >= 0.3 is 0 Å². The first-order valence-electron chi connectivity index (χ1n) is 10.8. The number of aromatic nitrogens is 2. The van der Waals surface area contributed by atoms with Crippen molar-refractivity contribution in [2.45, 2.75) is 58.4 Å². The van der Waals surface area contributed by atoms with Crippen LogP contribution in [0.25, 0.3) is 11.0 Å². The number of hydrogen-bond donors (Lipinski definition) is 2. The normalized spacial score (nSPS) is 19.0. The topological polar surface area (TPSA) is 61.0 Å². The molecule has 2 N–H and O–H groups in total. The van der Waals surface area contributed by atoms with E-state index >= 15 is 0 Å². The first-order valence-corrected chi connectivity index (χ1v) is 10.8. The molecule has 1 aromatic heterocycles. The van der Waals surface area contributed by atoms with Gasteiger partial charge in [-0.05, 0) is 82.7 Å². The van der Waals surface area contributed by atoms with Gasteiger partial charge in [0, 0.05) is 12.5 Å². The standard InChI is InChI=1S/C23H32N4O/c1-17-7-8-20-21(15-17)26-22(25-20)16-27-13-10-19(11-14-27)23(28)24-12-9-18-5-3-2-4-6-18/h5,7-8,15,19H,2-4,6,9-14,16H2,1H3,(H,24,28)(H,25,26). The van der Waals surface area contributed by atoms with Gasteiger partial charge in [0.25, 0.3) is 0 Å². The zero-order valence-electron chi connectivity index (χ0n) is 17.0. The summed E-state index contributed by atoms with van der Waals surface area (Å²) in [4.78, 5) is 23.0. The first-order chi connectivity index (χ1) is 13.7. The van der Waals surface area contributed by atoms with Crippen LogP contribution >= 0.6 is 0 Å². The Bertz CT molecular complexity index is 845. The molecule has 1 aliphatic heterocycles. The predicted molar refractivity (Wildman–Crippen MR) is 113 cm³/mol. The summed E-state index contributed by atoms with van der Waals surface area (Å²) in [5.41, 5.74) is 4.91. The van der Waals surface area contributed by atoms with E-state index in [1.807, 2.05) is 0 Å². The molecule has 1 amide bonds. The number of aromatic amines is 1. The molecule has 0 unspecified atom stereocenters. The van der Waals surface area contributed by atoms with Gasteiger partial charge in [-0.25, -0.2) is 4.98 Å². The number of benzene rings is 1. The number of hydrogen-bond acceptors (Lipinski definition) is 3. The molecule has 2 heterocycles. The second-order valence-electron chi connectivity index (χ2n) is 8.40. The van der Waals surface area contributed by atoms with Gasteiger partial charge in [-0.1, -0.05) is 17.7 Å². The molecule has 1 fully saturated rings. The van der Waals surface area contributed by atoms with Gasteiger partial charge < -0.3 is 10.3 Å². The molecule has 0 saturated carbocycles. The summed E-state index contributed by atoms with van der Waals surface area (Å²) in [6.45, 7) is 5.64. The van der Waals surface area contributed by atoms with Gasteiger partial charge in [0.2, 0.25) is 5.91 Å². The summed E-state index contributed by atoms with van der Waals surface area (Å²) in [5, 5.41) is 3.17. The Morgan fingerprint density at radius 3 is 2.93 bits per heavy atom. The van der Waals surface area contributed by atoms with Gasteiger partial charge in [0.05, 0.1) is 17.6 Å². The number of fused-ring (bicyclic) bond motifs is 1. The number of imidazole rings is 1. The fourth-order valence-electron chi connectivity index (χ4n) is 4.44. The highest BCUT2D eigenvalue weighted by atomic mass is 16.1. The summed E-state index contributed by atoms with van der Waals surface area (Å²) < 4.78 is 0. The lowest BCUT2D eigenvalue weighted by atomic mass is 9.95. The Balaban J connectivity index is 1.21. The Morgan fingerprint density at radius 2 is 2.14 bits per heavy atom. The van der Waals surface area contributed by atoms with Crippen LogP contribution in [0.2, 0.25) is 0 Å². The summed E-state index contributed by atoms with van der Waals surface area (Å²) in [6, 6.07) is 6.32. The van der Waals surface area contributed by atoms with Crippen molar-refractivity contribution in [3.05, 3.63) is 41.2 Å². The van der Waals surface area contributed by atoms with Crippen molar-refractivity contribution >= 4 is 16.9 Å². The Morgan fingerprint density at radius 1 is 1.29 bits per heavy atom. The maximum atomic E-state index is 12.5. The molecule has 1 aliphatic carbocycles. The molecule has 1 aromatic carbocycles. The molecule has 28 heavy (non-hydrogen) atoms. The van der Waals surface area contributed by atoms with Gasteiger partial charge in [-0.2, -0.15) is 0 Å². The van der Waals surface area contributed by atoms with Gasteiger partial charge in [-0.3, -0.25) is 9.69 Å². The Kier molecular flexibility index (Phi) is 6.10. The van der Waals surface area contributed by atoms with E-state index in [9.17, 15) is 4.79 Å². The lowest BCUT2D eigenvalue weighted by Crippen LogP contribution is -2.40. The maximum absolute atomic E-state index is 12.5. The maximum Gasteiger partial charge on any atom is 0.223 e. The number of likely N-dealkylation sites (tertiary alicyclic amines) is 1. The molecule has 4 rings (SSSR count). The van der Waals surface area contributed by atoms with Crippen molar-refractivity contribution in [1.29, 1.82) is 0 Å². The van der Waals surface area contributed by atoms with E-state index in [4.69, 9.17) is 4.98 Å². The van der Waals surface area contributed by atoms with Crippen LogP contribution in [-0.2, 0) is 11.3 Å². The molecule has 2 aliphatic rings. The minimum atomic E-state index is 0.162. The third-order valence-corrected chi connectivity index (χ3v) is 6.15. The number of H-pyrrole nitrogens is 1. The van der Waals surface area contributed by atoms with Crippen LogP contribution in [0.3, 0.4) is 0 Å². The average molecular weight is 381 g/mol. The van der Waals surface area contributed by atoms with E-state index < -0.39 is 0 Å². The van der Waals surface area contributed by atoms with Crippen LogP contribution in [0.15, 0.2) is 29.8 Å². The van der Waals surface area contributed by atoms with E-state index in [1.54, 1.807) is 0 Å². The molecular weight excluding hydrogens is 348 g/mol. The second-order valence-corrected chi connectivity index (χ2v) is 8.40. The number of nitrogens with one attached hydrogen (secondary N) is 2. The fourth-order valence-corrected chi connectivity index (χ4v) is 4.44. The summed E-state index contributed by atoms with van der Waals surface area (Å²) in [5.74, 6) is 1.43. The highest BCUT2D eigenvalue weighted by Crippen LogP contribution is 2.21. The van der Waals surface area contributed by atoms with Gasteiger partial charge in [0.1, 0.15) is 5.82 Å². The largest absolute Gasteiger partial charge is 0.356 e. The average Bonchev–Trinajstić information content (AvgIpc) is 3.10. The van der Waals surface area contributed by atoms with Crippen molar-refractivity contribution in [3.8, 4) is 0 Å². The highest BCUT2D eigenvalue weighted by Gasteiger charge is 2.25. The summed E-state index contributed by atoms with van der Waals surface area (Å²) in [6.07, 6.45) is 10.3. The SMILES string of the molecule is Cc1ccc2nc(CN3CCC(C(=O)NCCC4=CCCCC4)CC3)[nH]c2c1. The second kappa shape index (κ2) is 8.91. The van der Waals surface area contributed by atoms with Crippen LogP contribution in [-0.4, -0.2) is 40.4 Å². The zero-order chi connectivity index (χ0) is 19.3. The van der Waals surface area contributed by atoms with E-state index in [1.165, 1.54) is 36.8 Å². The molecular formula is C23H32N4O. The van der Waals surface area contributed by atoms with Crippen molar-refractivity contribution in [1.82, 2.24) is 20.2 Å². The first kappa shape index (κ1) is 19.2. The van der Waals surface area contributed by atoms with Crippen LogP contribution in [0, 0.1) is 12.8 Å². The molecule has 5 heteroatoms. The quantitative estimate of drug-likeness (QED) is 0.742. The zero-order valence-corrected chi connectivity index (χ0v) is 17.0. The number of amides is 1. The van der Waals surface area contributed by atoms with Crippen molar-refractivity contribution < 1.29 is 4.79 Å². The van der Waals surface area contributed by atoms with Crippen LogP contribution < -0.4 is 5.32 Å². The van der Waals surface area contributed by atoms with Gasteiger partial charge in [-0.15, -0.1) is 0 Å². The van der Waals surface area contributed by atoms with Crippen molar-refractivity contribution in [2.75, 3.05) is 19.6 Å². The molecule has 0 radical (unpaired) electrons. The third kappa shape index (κ3) is 4.82. The molecule has 2 aromatic rings. The highest BCUT2D eigenvalue weighted by molar-refractivity contribution is 5.78. The minimum Gasteiger partial charge on any atom is -0.356 e. The number of rotatable bonds is 6. The van der Waals surface area contributed by atoms with Crippen molar-refractivity contribution in [2.24, 2.45) is 5.92 Å². The fraction of sp³-hybridized carbons (Fsp3) is 0.565. The van der Waals surface area contributed by atoms with Crippen LogP contribution in [0.1, 0.15) is 56.3 Å². The predicted octanol–water partition coefficient (Wildman–Crippen LogP) is 4.09. The molecule has 0 bridgehead atoms. The van der Waals surface area contributed by atoms with Crippen LogP contribution in [0.5, 0.6) is 0 Å². The molecule has 0 atom stereocenters. The van der Waals surface area contributed by atoms with E-state index in [2.05, 4.69) is 46.4 Å². The van der Waals surface area contributed by atoms with Gasteiger partial charge in [0.15, 0.2) is 0 Å². The number of carbonyl (C=O) groups is 1. The molecule has 150 valence electrons. The van der Waals surface area contributed by atoms with E-state index in [0.29, 0.717) is 0 Å². The smallest absolute Gasteiger partial charge is 0.223 e. The molecule has 1 saturated heterocycles. The minimum absolute atomic E-state index is 0.162. The molecule has 5 nitrogen and oxygen atoms in total. The third-order valence-electron chi connectivity index (χ3n) is 6.15. The van der Waals surface area contributed by atoms with Crippen molar-refractivity contribution in [3.63, 3.8) is 0 Å². The Labute approximate surface area is 167 Å². The number of allylic oxidation sites excluding steroid dienone is 1. The lowest BCUT2D eigenvalue weighted by Gasteiger charge is -2.30. The lowest BCUT2D eigenvalue weighted by molar-refractivity contribution is -0.126. The van der Waals surface area contributed by atoms with E-state index in [-0.39, 0.29) is 11.8 Å². The monoisotopic (exact) mass is 380 g/mol.